The Bertz CT molecular complexity index is 684. The Balaban J connectivity index is 1.71. The van der Waals surface area contributed by atoms with E-state index in [9.17, 15) is 0 Å². The van der Waals surface area contributed by atoms with Crippen LogP contribution in [-0.2, 0) is 12.8 Å². The molecule has 0 spiro atoms. The molecule has 116 valence electrons. The van der Waals surface area contributed by atoms with Crippen LogP contribution in [0.4, 0.5) is 17.5 Å². The van der Waals surface area contributed by atoms with Crippen molar-refractivity contribution in [3.63, 3.8) is 0 Å². The molecule has 0 bridgehead atoms. The summed E-state index contributed by atoms with van der Waals surface area (Å²) in [6, 6.07) is 5.47. The van der Waals surface area contributed by atoms with Crippen LogP contribution in [0, 0.1) is 5.92 Å². The molecule has 3 rings (SSSR count). The molecule has 1 aromatic carbocycles. The maximum atomic E-state index is 6.17. The molecule has 0 fully saturated rings. The van der Waals surface area contributed by atoms with Crippen LogP contribution in [0.2, 0.25) is 10.0 Å². The Kier molecular flexibility index (Phi) is 4.27. The fourth-order valence-electron chi connectivity index (χ4n) is 2.82. The highest BCUT2D eigenvalue weighted by molar-refractivity contribution is 6.39. The summed E-state index contributed by atoms with van der Waals surface area (Å²) in [4.78, 5) is 8.33. The van der Waals surface area contributed by atoms with Crippen molar-refractivity contribution in [2.45, 2.75) is 19.3 Å². The van der Waals surface area contributed by atoms with Crippen molar-refractivity contribution in [3.8, 4) is 0 Å². The molecule has 0 saturated carbocycles. The number of nitrogens with one attached hydrogen (secondary N) is 1. The zero-order valence-corrected chi connectivity index (χ0v) is 13.5. The maximum absolute atomic E-state index is 6.17. The third-order valence-electron chi connectivity index (χ3n) is 3.95. The minimum absolute atomic E-state index is 0.246. The van der Waals surface area contributed by atoms with Gasteiger partial charge in [0.25, 0.3) is 0 Å². The number of nitrogen functional groups attached to an aromatic ring is 2. The third-order valence-corrected chi connectivity index (χ3v) is 4.58. The second kappa shape index (κ2) is 6.18. The Hall–Kier alpha value is -1.72. The van der Waals surface area contributed by atoms with Crippen LogP contribution in [0.5, 0.6) is 0 Å². The van der Waals surface area contributed by atoms with E-state index in [1.165, 1.54) is 0 Å². The van der Waals surface area contributed by atoms with Crippen LogP contribution in [-0.4, -0.2) is 16.5 Å². The SMILES string of the molecule is Nc1nc(N)c2c(n1)CCC(CNc1c(Cl)cccc1Cl)C2. The molecule has 7 heteroatoms. The standard InChI is InChI=1S/C15H17Cl2N5/c16-10-2-1-3-11(17)13(10)20-7-8-4-5-12-9(6-8)14(18)22-15(19)21-12/h1-3,8,20H,4-7H2,(H4,18,19,21,22). The summed E-state index contributed by atoms with van der Waals surface area (Å²) in [5.74, 6) is 1.16. The smallest absolute Gasteiger partial charge is 0.222 e. The first-order valence-corrected chi connectivity index (χ1v) is 7.89. The summed E-state index contributed by atoms with van der Waals surface area (Å²) in [7, 11) is 0. The highest BCUT2D eigenvalue weighted by atomic mass is 35.5. The van der Waals surface area contributed by atoms with E-state index in [0.29, 0.717) is 21.8 Å². The minimum Gasteiger partial charge on any atom is -0.383 e. The molecular formula is C15H17Cl2N5. The van der Waals surface area contributed by atoms with Gasteiger partial charge in [0.05, 0.1) is 21.4 Å². The van der Waals surface area contributed by atoms with E-state index < -0.39 is 0 Å². The van der Waals surface area contributed by atoms with Crippen LogP contribution in [0.15, 0.2) is 18.2 Å². The van der Waals surface area contributed by atoms with Crippen molar-refractivity contribution in [1.82, 2.24) is 9.97 Å². The van der Waals surface area contributed by atoms with Crippen LogP contribution in [0.25, 0.3) is 0 Å². The summed E-state index contributed by atoms with van der Waals surface area (Å²) in [5, 5.41) is 4.59. The molecule has 1 aliphatic rings. The van der Waals surface area contributed by atoms with Crippen molar-refractivity contribution >= 4 is 40.7 Å². The number of fused-ring (bicyclic) bond motifs is 1. The molecule has 0 saturated heterocycles. The van der Waals surface area contributed by atoms with Gasteiger partial charge >= 0.3 is 0 Å². The van der Waals surface area contributed by atoms with Crippen LogP contribution in [0.3, 0.4) is 0 Å². The van der Waals surface area contributed by atoms with Gasteiger partial charge in [0.2, 0.25) is 5.95 Å². The van der Waals surface area contributed by atoms with Gasteiger partial charge < -0.3 is 16.8 Å². The summed E-state index contributed by atoms with van der Waals surface area (Å²) < 4.78 is 0. The van der Waals surface area contributed by atoms with Crippen LogP contribution < -0.4 is 16.8 Å². The lowest BCUT2D eigenvalue weighted by Crippen LogP contribution is -2.24. The normalized spacial score (nSPS) is 17.1. The average molecular weight is 338 g/mol. The number of halogens is 2. The number of aryl methyl sites for hydroxylation is 1. The van der Waals surface area contributed by atoms with Gasteiger partial charge in [0.1, 0.15) is 5.82 Å². The third kappa shape index (κ3) is 3.05. The first kappa shape index (κ1) is 15.2. The predicted octanol–water partition coefficient (Wildman–Crippen LogP) is 3.16. The Morgan fingerprint density at radius 1 is 1.18 bits per heavy atom. The van der Waals surface area contributed by atoms with Gasteiger partial charge in [-0.15, -0.1) is 0 Å². The molecule has 1 unspecified atom stereocenters. The zero-order chi connectivity index (χ0) is 15.7. The van der Waals surface area contributed by atoms with Crippen molar-refractivity contribution < 1.29 is 0 Å². The predicted molar refractivity (Wildman–Crippen MR) is 91.3 cm³/mol. The van der Waals surface area contributed by atoms with Crippen molar-refractivity contribution in [1.29, 1.82) is 0 Å². The van der Waals surface area contributed by atoms with Gasteiger partial charge in [-0.2, -0.15) is 4.98 Å². The lowest BCUT2D eigenvalue weighted by Gasteiger charge is -2.25. The maximum Gasteiger partial charge on any atom is 0.222 e. The topological polar surface area (TPSA) is 89.8 Å². The summed E-state index contributed by atoms with van der Waals surface area (Å²) in [6.07, 6.45) is 2.70. The lowest BCUT2D eigenvalue weighted by atomic mass is 9.86. The molecule has 1 aliphatic carbocycles. The molecule has 1 aromatic heterocycles. The Morgan fingerprint density at radius 3 is 2.64 bits per heavy atom. The van der Waals surface area contributed by atoms with Crippen molar-refractivity contribution in [2.75, 3.05) is 23.3 Å². The first-order chi connectivity index (χ1) is 10.5. The highest BCUT2D eigenvalue weighted by Crippen LogP contribution is 2.32. The summed E-state index contributed by atoms with van der Waals surface area (Å²) in [5.41, 5.74) is 14.4. The fourth-order valence-corrected chi connectivity index (χ4v) is 3.35. The van der Waals surface area contributed by atoms with Gasteiger partial charge in [0, 0.05) is 12.1 Å². The molecule has 0 amide bonds. The molecule has 0 aliphatic heterocycles. The van der Waals surface area contributed by atoms with E-state index in [-0.39, 0.29) is 5.95 Å². The van der Waals surface area contributed by atoms with E-state index in [0.717, 1.165) is 42.8 Å². The van der Waals surface area contributed by atoms with Crippen molar-refractivity contribution in [3.05, 3.63) is 39.5 Å². The Morgan fingerprint density at radius 2 is 1.91 bits per heavy atom. The number of para-hydroxylation sites is 1. The quantitative estimate of drug-likeness (QED) is 0.800. The second-order valence-corrected chi connectivity index (χ2v) is 6.29. The molecule has 1 atom stereocenters. The average Bonchev–Trinajstić information content (AvgIpc) is 2.47. The summed E-state index contributed by atoms with van der Waals surface area (Å²) in [6.45, 7) is 0.771. The van der Waals surface area contributed by atoms with Crippen LogP contribution in [0.1, 0.15) is 17.7 Å². The number of hydrogen-bond acceptors (Lipinski definition) is 5. The van der Waals surface area contributed by atoms with E-state index in [1.807, 2.05) is 18.2 Å². The first-order valence-electron chi connectivity index (χ1n) is 7.13. The largest absolute Gasteiger partial charge is 0.383 e. The second-order valence-electron chi connectivity index (χ2n) is 5.48. The molecule has 5 N–H and O–H groups in total. The number of hydrogen-bond donors (Lipinski definition) is 3. The number of aromatic nitrogens is 2. The number of nitrogens with zero attached hydrogens (tertiary/aromatic N) is 2. The van der Waals surface area contributed by atoms with Gasteiger partial charge in [-0.25, -0.2) is 4.98 Å². The monoisotopic (exact) mass is 337 g/mol. The molecule has 0 radical (unpaired) electrons. The highest BCUT2D eigenvalue weighted by Gasteiger charge is 2.23. The van der Waals surface area contributed by atoms with Gasteiger partial charge in [-0.1, -0.05) is 29.3 Å². The lowest BCUT2D eigenvalue weighted by molar-refractivity contribution is 0.474. The van der Waals surface area contributed by atoms with Gasteiger partial charge in [-0.05, 0) is 37.3 Å². The summed E-state index contributed by atoms with van der Waals surface area (Å²) >= 11 is 12.3. The van der Waals surface area contributed by atoms with Crippen molar-refractivity contribution in [2.24, 2.45) is 5.92 Å². The number of anilines is 3. The zero-order valence-electron chi connectivity index (χ0n) is 11.9. The van der Waals surface area contributed by atoms with E-state index in [2.05, 4.69) is 15.3 Å². The van der Waals surface area contributed by atoms with Gasteiger partial charge in [-0.3, -0.25) is 0 Å². The molecule has 5 nitrogen and oxygen atoms in total. The van der Waals surface area contributed by atoms with Gasteiger partial charge in [0.15, 0.2) is 0 Å². The molecule has 2 aromatic rings. The van der Waals surface area contributed by atoms with E-state index in [1.54, 1.807) is 0 Å². The number of benzene rings is 1. The number of nitrogens with two attached hydrogens (primary N) is 2. The van der Waals surface area contributed by atoms with E-state index >= 15 is 0 Å². The minimum atomic E-state index is 0.246. The van der Waals surface area contributed by atoms with E-state index in [4.69, 9.17) is 34.7 Å². The molecule has 22 heavy (non-hydrogen) atoms. The Labute approximate surface area is 139 Å². The molecular weight excluding hydrogens is 321 g/mol. The van der Waals surface area contributed by atoms with Crippen LogP contribution >= 0.6 is 23.2 Å². The fraction of sp³-hybridized carbons (Fsp3) is 0.333. The molecule has 1 heterocycles. The number of rotatable bonds is 3.